The van der Waals surface area contributed by atoms with Crippen molar-refractivity contribution in [3.05, 3.63) is 51.6 Å². The Bertz CT molecular complexity index is 1020. The van der Waals surface area contributed by atoms with Crippen molar-refractivity contribution in [1.29, 1.82) is 0 Å². The molecule has 4 heterocycles. The maximum Gasteiger partial charge on any atom is 0.257 e. The molecule has 1 atom stereocenters. The minimum atomic E-state index is 0.0162. The first-order valence-corrected chi connectivity index (χ1v) is 11.4. The summed E-state index contributed by atoms with van der Waals surface area (Å²) in [4.78, 5) is 2.30. The highest BCUT2D eigenvalue weighted by atomic mass is 32.2. The first kappa shape index (κ1) is 17.2. The third-order valence-corrected chi connectivity index (χ3v) is 7.14. The third-order valence-electron chi connectivity index (χ3n) is 4.36. The number of thiophene rings is 2. The van der Waals surface area contributed by atoms with Gasteiger partial charge in [-0.2, -0.15) is 0 Å². The second kappa shape index (κ2) is 7.21. The maximum absolute atomic E-state index is 5.88. The van der Waals surface area contributed by atoms with Gasteiger partial charge < -0.3 is 8.98 Å². The minimum absolute atomic E-state index is 0.0162. The maximum atomic E-state index is 5.88. The summed E-state index contributed by atoms with van der Waals surface area (Å²) in [6.07, 6.45) is 3.22. The van der Waals surface area contributed by atoms with Gasteiger partial charge in [-0.3, -0.25) is 0 Å². The molecule has 0 saturated heterocycles. The molecule has 0 bridgehead atoms. The lowest BCUT2D eigenvalue weighted by molar-refractivity contribution is 0.509. The van der Waals surface area contributed by atoms with E-state index in [4.69, 9.17) is 4.42 Å². The van der Waals surface area contributed by atoms with Crippen molar-refractivity contribution in [2.24, 2.45) is 0 Å². The van der Waals surface area contributed by atoms with Crippen LogP contribution in [-0.4, -0.2) is 25.0 Å². The zero-order valence-corrected chi connectivity index (χ0v) is 17.1. The molecule has 9 heteroatoms. The number of nitrogens with zero attached hydrogens (tertiary/aromatic N) is 5. The van der Waals surface area contributed by atoms with Crippen LogP contribution in [0.1, 0.15) is 47.6 Å². The van der Waals surface area contributed by atoms with E-state index in [1.807, 2.05) is 17.5 Å². The topological polar surface area (TPSA) is 69.6 Å². The van der Waals surface area contributed by atoms with Gasteiger partial charge in [-0.15, -0.1) is 43.1 Å². The van der Waals surface area contributed by atoms with Crippen molar-refractivity contribution in [2.45, 2.75) is 42.6 Å². The quantitative estimate of drug-likeness (QED) is 0.385. The first-order valence-electron chi connectivity index (χ1n) is 8.78. The summed E-state index contributed by atoms with van der Waals surface area (Å²) in [7, 11) is 0. The predicted molar refractivity (Wildman–Crippen MR) is 107 cm³/mol. The van der Waals surface area contributed by atoms with Crippen LogP contribution in [0.15, 0.2) is 44.6 Å². The van der Waals surface area contributed by atoms with Crippen LogP contribution < -0.4 is 0 Å². The number of aromatic nitrogens is 5. The summed E-state index contributed by atoms with van der Waals surface area (Å²) in [5.74, 6) is 2.24. The van der Waals surface area contributed by atoms with E-state index in [9.17, 15) is 0 Å². The Morgan fingerprint density at radius 1 is 1.15 bits per heavy atom. The van der Waals surface area contributed by atoms with Crippen molar-refractivity contribution in [2.75, 3.05) is 0 Å². The van der Waals surface area contributed by atoms with Gasteiger partial charge in [0, 0.05) is 17.3 Å². The van der Waals surface area contributed by atoms with Crippen LogP contribution in [0.5, 0.6) is 0 Å². The molecule has 1 fully saturated rings. The Labute approximate surface area is 168 Å². The summed E-state index contributed by atoms with van der Waals surface area (Å²) < 4.78 is 8.18. The van der Waals surface area contributed by atoms with E-state index < -0.39 is 0 Å². The lowest BCUT2D eigenvalue weighted by Gasteiger charge is -2.10. The number of hydrogen-bond acceptors (Lipinski definition) is 8. The van der Waals surface area contributed by atoms with Crippen LogP contribution in [0.2, 0.25) is 0 Å². The van der Waals surface area contributed by atoms with Gasteiger partial charge in [0.05, 0.1) is 10.1 Å². The van der Waals surface area contributed by atoms with Crippen LogP contribution in [0, 0.1) is 0 Å². The summed E-state index contributed by atoms with van der Waals surface area (Å²) >= 11 is 4.99. The fraction of sp³-hybridized carbons (Fsp3) is 0.333. The summed E-state index contributed by atoms with van der Waals surface area (Å²) in [5, 5.41) is 22.4. The van der Waals surface area contributed by atoms with Crippen LogP contribution in [-0.2, 0) is 6.42 Å². The molecule has 0 aliphatic heterocycles. The van der Waals surface area contributed by atoms with Crippen LogP contribution in [0.25, 0.3) is 10.8 Å². The van der Waals surface area contributed by atoms with E-state index in [2.05, 4.69) is 49.4 Å². The monoisotopic (exact) mass is 415 g/mol. The molecule has 0 N–H and O–H groups in total. The Kier molecular flexibility index (Phi) is 4.58. The third kappa shape index (κ3) is 3.59. The second-order valence-corrected chi connectivity index (χ2v) is 9.73. The van der Waals surface area contributed by atoms with Gasteiger partial charge in [-0.25, -0.2) is 0 Å². The Hall–Kier alpha value is -1.97. The number of thioether (sulfide) groups is 1. The fourth-order valence-electron chi connectivity index (χ4n) is 2.88. The van der Waals surface area contributed by atoms with Gasteiger partial charge in [0.25, 0.3) is 5.89 Å². The highest BCUT2D eigenvalue weighted by Gasteiger charge is 2.31. The number of hydrogen-bond donors (Lipinski definition) is 0. The van der Waals surface area contributed by atoms with Crippen molar-refractivity contribution in [1.82, 2.24) is 25.0 Å². The van der Waals surface area contributed by atoms with E-state index >= 15 is 0 Å². The minimum Gasteiger partial charge on any atom is -0.419 e. The largest absolute Gasteiger partial charge is 0.419 e. The van der Waals surface area contributed by atoms with E-state index in [1.165, 1.54) is 17.7 Å². The molecule has 4 aromatic rings. The van der Waals surface area contributed by atoms with E-state index in [-0.39, 0.29) is 5.25 Å². The standard InChI is InChI=1S/C18H17N5OS3/c1-11(16-20-21-17(24-16)14-5-3-9-26-14)27-18-22-19-15(23(18)12-6-7-12)10-13-4-2-8-25-13/h2-5,8-9,11-12H,6-7,10H2,1H3. The van der Waals surface area contributed by atoms with Gasteiger partial charge in [0.2, 0.25) is 5.89 Å². The average molecular weight is 416 g/mol. The van der Waals surface area contributed by atoms with Gasteiger partial charge in [-0.05, 0) is 42.7 Å². The predicted octanol–water partition coefficient (Wildman–Crippen LogP) is 5.23. The molecule has 138 valence electrons. The molecule has 1 aliphatic rings. The molecule has 0 aromatic carbocycles. The molecular weight excluding hydrogens is 398 g/mol. The molecule has 1 saturated carbocycles. The summed E-state index contributed by atoms with van der Waals surface area (Å²) in [5.41, 5.74) is 0. The molecule has 5 rings (SSSR count). The van der Waals surface area contributed by atoms with Crippen LogP contribution in [0.3, 0.4) is 0 Å². The van der Waals surface area contributed by atoms with Gasteiger partial charge in [0.15, 0.2) is 5.16 Å². The molecule has 4 aromatic heterocycles. The summed E-state index contributed by atoms with van der Waals surface area (Å²) in [6.45, 7) is 2.07. The zero-order chi connectivity index (χ0) is 18.2. The molecule has 1 unspecified atom stereocenters. The average Bonchev–Trinajstić information content (AvgIpc) is 3.19. The van der Waals surface area contributed by atoms with Crippen molar-refractivity contribution < 1.29 is 4.42 Å². The van der Waals surface area contributed by atoms with Gasteiger partial charge >= 0.3 is 0 Å². The SMILES string of the molecule is CC(Sc1nnc(Cc2cccs2)n1C1CC1)c1nnc(-c2cccs2)o1. The normalized spacial score (nSPS) is 15.3. The second-order valence-electron chi connectivity index (χ2n) is 6.44. The number of rotatable bonds is 7. The molecule has 6 nitrogen and oxygen atoms in total. The Morgan fingerprint density at radius 3 is 2.74 bits per heavy atom. The first-order chi connectivity index (χ1) is 13.3. The Morgan fingerprint density at radius 2 is 2.00 bits per heavy atom. The van der Waals surface area contributed by atoms with Crippen LogP contribution >= 0.6 is 34.4 Å². The zero-order valence-electron chi connectivity index (χ0n) is 14.6. The smallest absolute Gasteiger partial charge is 0.257 e. The van der Waals surface area contributed by atoms with Gasteiger partial charge in [-0.1, -0.05) is 23.9 Å². The fourth-order valence-corrected chi connectivity index (χ4v) is 5.20. The Balaban J connectivity index is 1.36. The van der Waals surface area contributed by atoms with Crippen LogP contribution in [0.4, 0.5) is 0 Å². The van der Waals surface area contributed by atoms with Crippen molar-refractivity contribution in [3.8, 4) is 10.8 Å². The van der Waals surface area contributed by atoms with Crippen molar-refractivity contribution >= 4 is 34.4 Å². The molecule has 1 aliphatic carbocycles. The van der Waals surface area contributed by atoms with E-state index in [0.29, 0.717) is 17.8 Å². The lowest BCUT2D eigenvalue weighted by atomic mass is 10.3. The molecule has 27 heavy (non-hydrogen) atoms. The van der Waals surface area contributed by atoms with Crippen molar-refractivity contribution in [3.63, 3.8) is 0 Å². The lowest BCUT2D eigenvalue weighted by Crippen LogP contribution is -2.04. The molecule has 0 spiro atoms. The van der Waals surface area contributed by atoms with E-state index in [1.54, 1.807) is 34.4 Å². The molecular formula is C18H17N5OS3. The molecule has 0 radical (unpaired) electrons. The van der Waals surface area contributed by atoms with Gasteiger partial charge in [0.1, 0.15) is 5.82 Å². The van der Waals surface area contributed by atoms with E-state index in [0.717, 1.165) is 22.3 Å². The molecule has 0 amide bonds. The highest BCUT2D eigenvalue weighted by Crippen LogP contribution is 2.42. The summed E-state index contributed by atoms with van der Waals surface area (Å²) in [6, 6.07) is 8.72. The highest BCUT2D eigenvalue weighted by molar-refractivity contribution is 7.99.